The van der Waals surface area contributed by atoms with E-state index in [1.54, 1.807) is 24.3 Å². The van der Waals surface area contributed by atoms with Crippen LogP contribution in [0.4, 0.5) is 5.69 Å². The smallest absolute Gasteiger partial charge is 0.247 e. The number of benzene rings is 2. The van der Waals surface area contributed by atoms with Crippen molar-refractivity contribution in [3.63, 3.8) is 0 Å². The summed E-state index contributed by atoms with van der Waals surface area (Å²) in [5, 5.41) is 10.4. The number of ether oxygens (including phenoxy) is 1. The van der Waals surface area contributed by atoms with Crippen molar-refractivity contribution in [3.8, 4) is 22.8 Å². The number of fused-ring (bicyclic) bond motifs is 2. The van der Waals surface area contributed by atoms with E-state index in [1.807, 2.05) is 24.4 Å². The molecule has 0 aliphatic carbocycles. The van der Waals surface area contributed by atoms with E-state index in [0.29, 0.717) is 39.5 Å². The molecule has 5 aromatic rings. The number of hydrogen-bond donors (Lipinski definition) is 2. The van der Waals surface area contributed by atoms with Crippen LogP contribution in [0.5, 0.6) is 11.6 Å². The van der Waals surface area contributed by atoms with E-state index in [0.717, 1.165) is 11.1 Å². The standard InChI is InChI=1S/C21H14N6O3/c1-2-18(28)24-13-4-3-5-14(9-13)29-19-11-23-21-20(25-19)15(10-22-21)12-6-7-16-17(8-12)27-30-26-16/h2-11H,1H2,(H,22,23)(H,24,28). The van der Waals surface area contributed by atoms with Gasteiger partial charge in [0, 0.05) is 23.5 Å². The zero-order valence-electron chi connectivity index (χ0n) is 15.5. The van der Waals surface area contributed by atoms with Crippen LogP contribution in [0.1, 0.15) is 0 Å². The highest BCUT2D eigenvalue weighted by molar-refractivity contribution is 5.99. The number of anilines is 1. The second kappa shape index (κ2) is 7.13. The average molecular weight is 398 g/mol. The van der Waals surface area contributed by atoms with Crippen molar-refractivity contribution in [1.29, 1.82) is 0 Å². The fourth-order valence-electron chi connectivity index (χ4n) is 3.05. The molecule has 146 valence electrons. The Balaban J connectivity index is 1.48. The molecule has 5 rings (SSSR count). The maximum atomic E-state index is 11.5. The highest BCUT2D eigenvalue weighted by atomic mass is 16.6. The van der Waals surface area contributed by atoms with E-state index in [9.17, 15) is 4.79 Å². The van der Waals surface area contributed by atoms with Gasteiger partial charge in [-0.15, -0.1) is 0 Å². The zero-order chi connectivity index (χ0) is 20.5. The predicted octanol–water partition coefficient (Wildman–Crippen LogP) is 4.08. The van der Waals surface area contributed by atoms with E-state index < -0.39 is 0 Å². The summed E-state index contributed by atoms with van der Waals surface area (Å²) in [6, 6.07) is 12.6. The Labute approximate surface area is 169 Å². The van der Waals surface area contributed by atoms with Crippen LogP contribution < -0.4 is 10.1 Å². The third-order valence-electron chi connectivity index (χ3n) is 4.43. The van der Waals surface area contributed by atoms with Gasteiger partial charge in [-0.2, -0.15) is 0 Å². The molecule has 0 radical (unpaired) electrons. The number of H-pyrrole nitrogens is 1. The largest absolute Gasteiger partial charge is 0.437 e. The number of aromatic amines is 1. The molecule has 0 fully saturated rings. The number of aromatic nitrogens is 5. The van der Waals surface area contributed by atoms with Crippen molar-refractivity contribution >= 4 is 33.8 Å². The van der Waals surface area contributed by atoms with Crippen molar-refractivity contribution in [1.82, 2.24) is 25.3 Å². The Morgan fingerprint density at radius 1 is 1.17 bits per heavy atom. The molecule has 3 heterocycles. The molecule has 0 aliphatic rings. The number of hydrogen-bond acceptors (Lipinski definition) is 7. The van der Waals surface area contributed by atoms with Crippen molar-refractivity contribution in [2.24, 2.45) is 0 Å². The molecule has 0 atom stereocenters. The molecule has 1 amide bonds. The first-order chi connectivity index (χ1) is 14.7. The summed E-state index contributed by atoms with van der Waals surface area (Å²) in [4.78, 5) is 23.6. The van der Waals surface area contributed by atoms with Crippen LogP contribution in [0.2, 0.25) is 0 Å². The quantitative estimate of drug-likeness (QED) is 0.428. The van der Waals surface area contributed by atoms with E-state index in [2.05, 4.69) is 37.2 Å². The summed E-state index contributed by atoms with van der Waals surface area (Å²) >= 11 is 0. The van der Waals surface area contributed by atoms with Gasteiger partial charge in [-0.1, -0.05) is 18.7 Å². The van der Waals surface area contributed by atoms with Crippen LogP contribution in [0.3, 0.4) is 0 Å². The van der Waals surface area contributed by atoms with E-state index in [-0.39, 0.29) is 5.91 Å². The summed E-state index contributed by atoms with van der Waals surface area (Å²) in [5.74, 6) is 0.530. The average Bonchev–Trinajstić information content (AvgIpc) is 3.40. The molecular formula is C21H14N6O3. The van der Waals surface area contributed by atoms with Gasteiger partial charge in [-0.3, -0.25) is 4.79 Å². The number of carbonyl (C=O) groups is 1. The van der Waals surface area contributed by atoms with Crippen LogP contribution in [-0.4, -0.2) is 31.2 Å². The van der Waals surface area contributed by atoms with Crippen LogP contribution in [-0.2, 0) is 4.79 Å². The molecular weight excluding hydrogens is 384 g/mol. The number of carbonyl (C=O) groups excluding carboxylic acids is 1. The molecule has 30 heavy (non-hydrogen) atoms. The first kappa shape index (κ1) is 17.6. The molecule has 9 heteroatoms. The van der Waals surface area contributed by atoms with E-state index in [4.69, 9.17) is 9.37 Å². The molecule has 2 aromatic carbocycles. The van der Waals surface area contributed by atoms with Gasteiger partial charge < -0.3 is 15.0 Å². The van der Waals surface area contributed by atoms with E-state index in [1.165, 1.54) is 12.3 Å². The lowest BCUT2D eigenvalue weighted by molar-refractivity contribution is -0.111. The number of nitrogens with zero attached hydrogens (tertiary/aromatic N) is 4. The fourth-order valence-corrected chi connectivity index (χ4v) is 3.05. The van der Waals surface area contributed by atoms with Crippen molar-refractivity contribution < 1.29 is 14.2 Å². The Hall–Kier alpha value is -4.53. The topological polar surface area (TPSA) is 119 Å². The second-order valence-corrected chi connectivity index (χ2v) is 6.40. The SMILES string of the molecule is C=CC(=O)Nc1cccc(Oc2cnc3[nH]cc(-c4ccc5nonc5c4)c3n2)c1. The highest BCUT2D eigenvalue weighted by Crippen LogP contribution is 2.30. The molecule has 0 unspecified atom stereocenters. The molecule has 0 bridgehead atoms. The maximum absolute atomic E-state index is 11.5. The monoisotopic (exact) mass is 398 g/mol. The number of rotatable bonds is 5. The van der Waals surface area contributed by atoms with Gasteiger partial charge in [0.15, 0.2) is 5.65 Å². The molecule has 9 nitrogen and oxygen atoms in total. The van der Waals surface area contributed by atoms with Gasteiger partial charge >= 0.3 is 0 Å². The molecule has 0 aliphatic heterocycles. The highest BCUT2D eigenvalue weighted by Gasteiger charge is 2.13. The fraction of sp³-hybridized carbons (Fsp3) is 0. The third-order valence-corrected chi connectivity index (χ3v) is 4.43. The zero-order valence-corrected chi connectivity index (χ0v) is 15.5. The first-order valence-electron chi connectivity index (χ1n) is 8.98. The normalized spacial score (nSPS) is 10.9. The lowest BCUT2D eigenvalue weighted by atomic mass is 10.1. The molecule has 0 saturated carbocycles. The second-order valence-electron chi connectivity index (χ2n) is 6.40. The predicted molar refractivity (Wildman–Crippen MR) is 110 cm³/mol. The van der Waals surface area contributed by atoms with Crippen molar-refractivity contribution in [2.45, 2.75) is 0 Å². The summed E-state index contributed by atoms with van der Waals surface area (Å²) < 4.78 is 10.6. The summed E-state index contributed by atoms with van der Waals surface area (Å²) in [7, 11) is 0. The summed E-state index contributed by atoms with van der Waals surface area (Å²) in [6.45, 7) is 3.44. The van der Waals surface area contributed by atoms with Gasteiger partial charge in [0.05, 0.1) is 6.20 Å². The van der Waals surface area contributed by atoms with Gasteiger partial charge in [0.25, 0.3) is 0 Å². The van der Waals surface area contributed by atoms with Crippen LogP contribution in [0.25, 0.3) is 33.3 Å². The van der Waals surface area contributed by atoms with Crippen LogP contribution in [0, 0.1) is 0 Å². The first-order valence-corrected chi connectivity index (χ1v) is 8.98. The number of nitrogens with one attached hydrogen (secondary N) is 2. The Morgan fingerprint density at radius 2 is 2.07 bits per heavy atom. The van der Waals surface area contributed by atoms with Gasteiger partial charge in [-0.05, 0) is 46.2 Å². The van der Waals surface area contributed by atoms with E-state index >= 15 is 0 Å². The molecule has 0 saturated heterocycles. The molecule has 3 aromatic heterocycles. The minimum Gasteiger partial charge on any atom is -0.437 e. The Morgan fingerprint density at radius 3 is 2.97 bits per heavy atom. The van der Waals surface area contributed by atoms with Gasteiger partial charge in [0.2, 0.25) is 11.8 Å². The third kappa shape index (κ3) is 3.24. The summed E-state index contributed by atoms with van der Waals surface area (Å²) in [6.07, 6.45) is 4.56. The molecule has 2 N–H and O–H groups in total. The number of amides is 1. The van der Waals surface area contributed by atoms with Gasteiger partial charge in [-0.25, -0.2) is 14.6 Å². The Kier molecular flexibility index (Phi) is 4.18. The Bertz CT molecular complexity index is 1400. The van der Waals surface area contributed by atoms with Crippen molar-refractivity contribution in [3.05, 3.63) is 67.5 Å². The minimum absolute atomic E-state index is 0.301. The summed E-state index contributed by atoms with van der Waals surface area (Å²) in [5.41, 5.74) is 4.94. The van der Waals surface area contributed by atoms with Crippen LogP contribution in [0.15, 0.2) is 72.1 Å². The van der Waals surface area contributed by atoms with Gasteiger partial charge in [0.1, 0.15) is 22.3 Å². The van der Waals surface area contributed by atoms with Crippen molar-refractivity contribution in [2.75, 3.05) is 5.32 Å². The molecule has 0 spiro atoms. The lowest BCUT2D eigenvalue weighted by Crippen LogP contribution is -2.07. The van der Waals surface area contributed by atoms with Crippen LogP contribution >= 0.6 is 0 Å². The maximum Gasteiger partial charge on any atom is 0.247 e. The minimum atomic E-state index is -0.301. The lowest BCUT2D eigenvalue weighted by Gasteiger charge is -2.07.